The first kappa shape index (κ1) is 10.7. The second kappa shape index (κ2) is 3.97. The molecule has 1 aromatic rings. The molecule has 1 aliphatic rings. The van der Waals surface area contributed by atoms with E-state index in [2.05, 4.69) is 38.1 Å². The van der Waals surface area contributed by atoms with Crippen molar-refractivity contribution in [2.24, 2.45) is 5.92 Å². The van der Waals surface area contributed by atoms with Crippen LogP contribution in [0.25, 0.3) is 0 Å². The minimum absolute atomic E-state index is 0.0800. The molecule has 2 atom stereocenters. The Hall–Kier alpha value is -0.820. The normalized spacial score (nSPS) is 22.1. The molecule has 2 rings (SSSR count). The Balaban J connectivity index is 2.21. The second-order valence-electron chi connectivity index (χ2n) is 4.85. The summed E-state index contributed by atoms with van der Waals surface area (Å²) in [6, 6.07) is 10.5. The van der Waals surface area contributed by atoms with Crippen LogP contribution in [-0.4, -0.2) is 11.2 Å². The van der Waals surface area contributed by atoms with Crippen molar-refractivity contribution in [3.05, 3.63) is 35.9 Å². The zero-order valence-corrected chi connectivity index (χ0v) is 9.61. The Labute approximate surface area is 92.1 Å². The highest BCUT2D eigenvalue weighted by Crippen LogP contribution is 2.52. The summed E-state index contributed by atoms with van der Waals surface area (Å²) in [5.74, 6) is 0.396. The molecule has 1 fully saturated rings. The Morgan fingerprint density at radius 3 is 2.33 bits per heavy atom. The van der Waals surface area contributed by atoms with Gasteiger partial charge in [0.2, 0.25) is 0 Å². The molecule has 0 aromatic heterocycles. The molecule has 0 heterocycles. The predicted molar refractivity (Wildman–Crippen MR) is 62.8 cm³/mol. The fourth-order valence-corrected chi connectivity index (χ4v) is 2.43. The van der Waals surface area contributed by atoms with Gasteiger partial charge in [0.1, 0.15) is 0 Å². The van der Waals surface area contributed by atoms with Crippen molar-refractivity contribution in [2.75, 3.05) is 0 Å². The molecule has 0 radical (unpaired) electrons. The first-order chi connectivity index (χ1) is 7.20. The summed E-state index contributed by atoms with van der Waals surface area (Å²) in [6.45, 7) is 4.29. The van der Waals surface area contributed by atoms with Crippen LogP contribution in [0.2, 0.25) is 0 Å². The van der Waals surface area contributed by atoms with Crippen molar-refractivity contribution in [3.63, 3.8) is 0 Å². The van der Waals surface area contributed by atoms with Crippen LogP contribution in [0.4, 0.5) is 0 Å². The van der Waals surface area contributed by atoms with E-state index in [9.17, 15) is 5.11 Å². The molecular formula is C14H20O. The number of hydrogen-bond donors (Lipinski definition) is 1. The minimum Gasteiger partial charge on any atom is -0.392 e. The van der Waals surface area contributed by atoms with E-state index in [4.69, 9.17) is 0 Å². The number of rotatable bonds is 4. The molecule has 0 amide bonds. The van der Waals surface area contributed by atoms with E-state index in [0.717, 1.165) is 19.3 Å². The Morgan fingerprint density at radius 2 is 1.87 bits per heavy atom. The SMILES string of the molecule is CCC(C)C(O)C1(c2ccccc2)CC1. The van der Waals surface area contributed by atoms with E-state index in [-0.39, 0.29) is 11.5 Å². The Bertz CT molecular complexity index is 313. The van der Waals surface area contributed by atoms with Crippen LogP contribution in [-0.2, 0) is 5.41 Å². The van der Waals surface area contributed by atoms with Gasteiger partial charge in [-0.2, -0.15) is 0 Å². The van der Waals surface area contributed by atoms with Crippen LogP contribution in [0.5, 0.6) is 0 Å². The van der Waals surface area contributed by atoms with E-state index >= 15 is 0 Å². The van der Waals surface area contributed by atoms with Gasteiger partial charge in [0.25, 0.3) is 0 Å². The molecular weight excluding hydrogens is 184 g/mol. The third kappa shape index (κ3) is 1.81. The molecule has 2 unspecified atom stereocenters. The van der Waals surface area contributed by atoms with Gasteiger partial charge < -0.3 is 5.11 Å². The molecule has 15 heavy (non-hydrogen) atoms. The summed E-state index contributed by atoms with van der Waals surface area (Å²) in [5, 5.41) is 10.4. The lowest BCUT2D eigenvalue weighted by Crippen LogP contribution is -2.31. The van der Waals surface area contributed by atoms with Crippen molar-refractivity contribution < 1.29 is 5.11 Å². The van der Waals surface area contributed by atoms with Crippen molar-refractivity contribution in [3.8, 4) is 0 Å². The highest BCUT2D eigenvalue weighted by molar-refractivity contribution is 5.33. The maximum atomic E-state index is 10.4. The molecule has 1 aromatic carbocycles. The fourth-order valence-electron chi connectivity index (χ4n) is 2.43. The highest BCUT2D eigenvalue weighted by atomic mass is 16.3. The van der Waals surface area contributed by atoms with Gasteiger partial charge in [-0.05, 0) is 24.3 Å². The third-order valence-electron chi connectivity index (χ3n) is 3.89. The summed E-state index contributed by atoms with van der Waals surface area (Å²) in [7, 11) is 0. The van der Waals surface area contributed by atoms with Gasteiger partial charge >= 0.3 is 0 Å². The molecule has 1 N–H and O–H groups in total. The van der Waals surface area contributed by atoms with Gasteiger partial charge in [0.15, 0.2) is 0 Å². The van der Waals surface area contributed by atoms with E-state index in [0.29, 0.717) is 5.92 Å². The quantitative estimate of drug-likeness (QED) is 0.799. The number of benzene rings is 1. The predicted octanol–water partition coefficient (Wildman–Crippen LogP) is 3.13. The van der Waals surface area contributed by atoms with E-state index in [1.165, 1.54) is 5.56 Å². The molecule has 82 valence electrons. The van der Waals surface area contributed by atoms with Crippen molar-refractivity contribution >= 4 is 0 Å². The maximum Gasteiger partial charge on any atom is 0.0662 e. The third-order valence-corrected chi connectivity index (χ3v) is 3.89. The van der Waals surface area contributed by atoms with Gasteiger partial charge in [0.05, 0.1) is 6.10 Å². The van der Waals surface area contributed by atoms with Crippen LogP contribution in [0.3, 0.4) is 0 Å². The Morgan fingerprint density at radius 1 is 1.27 bits per heavy atom. The molecule has 1 saturated carbocycles. The first-order valence-corrected chi connectivity index (χ1v) is 5.94. The smallest absolute Gasteiger partial charge is 0.0662 e. The standard InChI is InChI=1S/C14H20O/c1-3-11(2)13(15)14(9-10-14)12-7-5-4-6-8-12/h4-8,11,13,15H,3,9-10H2,1-2H3. The van der Waals surface area contributed by atoms with Crippen LogP contribution in [0, 0.1) is 5.92 Å². The number of aliphatic hydroxyl groups is 1. The lowest BCUT2D eigenvalue weighted by molar-refractivity contribution is 0.0757. The molecule has 0 bridgehead atoms. The van der Waals surface area contributed by atoms with Gasteiger partial charge in [-0.25, -0.2) is 0 Å². The van der Waals surface area contributed by atoms with Gasteiger partial charge in [0, 0.05) is 5.41 Å². The minimum atomic E-state index is -0.176. The number of aliphatic hydroxyl groups excluding tert-OH is 1. The lowest BCUT2D eigenvalue weighted by atomic mass is 9.82. The maximum absolute atomic E-state index is 10.4. The van der Waals surface area contributed by atoms with Crippen LogP contribution in [0.1, 0.15) is 38.7 Å². The summed E-state index contributed by atoms with van der Waals surface area (Å²) >= 11 is 0. The van der Waals surface area contributed by atoms with Crippen molar-refractivity contribution in [1.82, 2.24) is 0 Å². The summed E-state index contributed by atoms with van der Waals surface area (Å²) in [4.78, 5) is 0. The van der Waals surface area contributed by atoms with Crippen molar-refractivity contribution in [1.29, 1.82) is 0 Å². The van der Waals surface area contributed by atoms with Crippen LogP contribution in [0.15, 0.2) is 30.3 Å². The van der Waals surface area contributed by atoms with Crippen molar-refractivity contribution in [2.45, 2.75) is 44.6 Å². The average Bonchev–Trinajstić information content (AvgIpc) is 3.09. The molecule has 1 nitrogen and oxygen atoms in total. The summed E-state index contributed by atoms with van der Waals surface area (Å²) in [6.07, 6.45) is 3.16. The largest absolute Gasteiger partial charge is 0.392 e. The number of hydrogen-bond acceptors (Lipinski definition) is 1. The van der Waals surface area contributed by atoms with E-state index < -0.39 is 0 Å². The summed E-state index contributed by atoms with van der Waals surface area (Å²) < 4.78 is 0. The zero-order chi connectivity index (χ0) is 10.9. The highest BCUT2D eigenvalue weighted by Gasteiger charge is 2.51. The molecule has 1 aliphatic carbocycles. The van der Waals surface area contributed by atoms with E-state index in [1.807, 2.05) is 6.07 Å². The van der Waals surface area contributed by atoms with Crippen LogP contribution < -0.4 is 0 Å². The summed E-state index contributed by atoms with van der Waals surface area (Å²) in [5.41, 5.74) is 1.40. The monoisotopic (exact) mass is 204 g/mol. The van der Waals surface area contributed by atoms with Gasteiger partial charge in [-0.1, -0.05) is 50.6 Å². The van der Waals surface area contributed by atoms with Crippen LogP contribution >= 0.6 is 0 Å². The molecule has 1 heteroatoms. The van der Waals surface area contributed by atoms with E-state index in [1.54, 1.807) is 0 Å². The molecule has 0 spiro atoms. The second-order valence-corrected chi connectivity index (χ2v) is 4.85. The molecule has 0 saturated heterocycles. The molecule has 0 aliphatic heterocycles. The van der Waals surface area contributed by atoms with Gasteiger partial charge in [-0.15, -0.1) is 0 Å². The lowest BCUT2D eigenvalue weighted by Gasteiger charge is -2.27. The topological polar surface area (TPSA) is 20.2 Å². The average molecular weight is 204 g/mol. The van der Waals surface area contributed by atoms with Gasteiger partial charge in [-0.3, -0.25) is 0 Å². The fraction of sp³-hybridized carbons (Fsp3) is 0.571. The first-order valence-electron chi connectivity index (χ1n) is 5.94. The zero-order valence-electron chi connectivity index (χ0n) is 9.61. The Kier molecular flexibility index (Phi) is 2.83.